The number of halogens is 8. The van der Waals surface area contributed by atoms with Crippen molar-refractivity contribution < 1.29 is 54.0 Å². The topological polar surface area (TPSA) is 0 Å². The standard InChI is InChI=1S/C8H12.2BF4.Rh/c1-2-4-6-8-7-5-3-1;2*2-1(3,4)5;/h1-4H,5-8H2;;;/q;2*-1;+2/b3-1-,4-2-;;;. The fraction of sp³-hybridized carbons (Fsp3) is 0.500. The van der Waals surface area contributed by atoms with Crippen LogP contribution in [0.3, 0.4) is 0 Å². The smallest absolute Gasteiger partial charge is 0.418 e. The van der Waals surface area contributed by atoms with Gasteiger partial charge in [0.15, 0.2) is 0 Å². The fourth-order valence-electron chi connectivity index (χ4n) is 0.874. The molecule has 1 radical (unpaired) electrons. The minimum Gasteiger partial charge on any atom is -0.418 e. The zero-order valence-electron chi connectivity index (χ0n) is 9.65. The number of hydrogen-bond donors (Lipinski definition) is 0. The van der Waals surface area contributed by atoms with Crippen molar-refractivity contribution in [1.29, 1.82) is 0 Å². The molecular formula is C8H12B2F8Rh. The molecule has 0 nitrogen and oxygen atoms in total. The molecule has 11 heteroatoms. The van der Waals surface area contributed by atoms with Crippen molar-refractivity contribution in [2.75, 3.05) is 0 Å². The molecule has 0 spiro atoms. The molecule has 0 heterocycles. The van der Waals surface area contributed by atoms with E-state index in [0.29, 0.717) is 0 Å². The van der Waals surface area contributed by atoms with Crippen molar-refractivity contribution >= 4 is 14.5 Å². The van der Waals surface area contributed by atoms with E-state index in [2.05, 4.69) is 24.3 Å². The summed E-state index contributed by atoms with van der Waals surface area (Å²) in [6.07, 6.45) is 14.0. The molecular weight excluding hydrogens is 373 g/mol. The van der Waals surface area contributed by atoms with Crippen molar-refractivity contribution in [2.24, 2.45) is 0 Å². The van der Waals surface area contributed by atoms with Gasteiger partial charge in [-0.25, -0.2) is 0 Å². The molecule has 1 rings (SSSR count). The van der Waals surface area contributed by atoms with E-state index in [1.165, 1.54) is 25.7 Å². The van der Waals surface area contributed by atoms with Crippen molar-refractivity contribution in [3.63, 3.8) is 0 Å². The molecule has 0 aromatic rings. The quantitative estimate of drug-likeness (QED) is 0.394. The predicted octanol–water partition coefficient (Wildman–Crippen LogP) is 5.27. The molecule has 1 aliphatic rings. The molecule has 0 unspecified atom stereocenters. The second-order valence-electron chi connectivity index (χ2n) is 3.13. The van der Waals surface area contributed by atoms with Gasteiger partial charge in [-0.1, -0.05) is 24.3 Å². The van der Waals surface area contributed by atoms with Gasteiger partial charge in [0.1, 0.15) is 0 Å². The van der Waals surface area contributed by atoms with E-state index in [1.807, 2.05) is 0 Å². The van der Waals surface area contributed by atoms with Gasteiger partial charge in [0.25, 0.3) is 0 Å². The maximum Gasteiger partial charge on any atom is 2.00 e. The van der Waals surface area contributed by atoms with Gasteiger partial charge >= 0.3 is 34.0 Å². The van der Waals surface area contributed by atoms with E-state index < -0.39 is 14.5 Å². The summed E-state index contributed by atoms with van der Waals surface area (Å²) in [6.45, 7) is 0. The van der Waals surface area contributed by atoms with Crippen molar-refractivity contribution in [1.82, 2.24) is 0 Å². The van der Waals surface area contributed by atoms with Crippen LogP contribution >= 0.6 is 0 Å². The van der Waals surface area contributed by atoms with Crippen molar-refractivity contribution in [3.8, 4) is 0 Å². The van der Waals surface area contributed by atoms with Crippen molar-refractivity contribution in [3.05, 3.63) is 24.3 Å². The molecule has 115 valence electrons. The van der Waals surface area contributed by atoms with E-state index in [9.17, 15) is 34.5 Å². The summed E-state index contributed by atoms with van der Waals surface area (Å²) in [5.74, 6) is 0. The molecule has 0 aliphatic heterocycles. The summed E-state index contributed by atoms with van der Waals surface area (Å²) < 4.78 is 78.0. The van der Waals surface area contributed by atoms with Crippen LogP contribution in [0, 0.1) is 0 Å². The molecule has 0 aromatic heterocycles. The molecule has 0 saturated heterocycles. The molecule has 0 aromatic carbocycles. The monoisotopic (exact) mass is 385 g/mol. The summed E-state index contributed by atoms with van der Waals surface area (Å²) >= 11 is 0. The average molecular weight is 385 g/mol. The first-order valence-electron chi connectivity index (χ1n) is 5.06. The Morgan fingerprint density at radius 2 is 0.789 bits per heavy atom. The second kappa shape index (κ2) is 12.7. The summed E-state index contributed by atoms with van der Waals surface area (Å²) in [7, 11) is -12.0. The molecule has 0 bridgehead atoms. The Morgan fingerprint density at radius 3 is 1.00 bits per heavy atom. The molecule has 0 saturated carbocycles. The zero-order chi connectivity index (χ0) is 14.7. The van der Waals surface area contributed by atoms with Crippen LogP contribution in [0.25, 0.3) is 0 Å². The summed E-state index contributed by atoms with van der Waals surface area (Å²) in [4.78, 5) is 0. The van der Waals surface area contributed by atoms with Crippen LogP contribution in [0.1, 0.15) is 25.7 Å². The minimum absolute atomic E-state index is 0. The number of allylic oxidation sites excluding steroid dienone is 4. The molecule has 0 fully saturated rings. The summed E-state index contributed by atoms with van der Waals surface area (Å²) in [5.41, 5.74) is 0. The maximum absolute atomic E-state index is 9.75. The summed E-state index contributed by atoms with van der Waals surface area (Å²) in [6, 6.07) is 0. The predicted molar refractivity (Wildman–Crippen MR) is 57.1 cm³/mol. The minimum atomic E-state index is -6.00. The van der Waals surface area contributed by atoms with Gasteiger partial charge in [-0.2, -0.15) is 0 Å². The van der Waals surface area contributed by atoms with Gasteiger partial charge in [-0.15, -0.1) is 0 Å². The Kier molecular flexibility index (Phi) is 15.9. The van der Waals surface area contributed by atoms with E-state index in [1.54, 1.807) is 0 Å². The molecule has 0 amide bonds. The van der Waals surface area contributed by atoms with Crippen LogP contribution in [-0.2, 0) is 19.5 Å². The Labute approximate surface area is 119 Å². The first-order valence-corrected chi connectivity index (χ1v) is 5.06. The van der Waals surface area contributed by atoms with Crippen LogP contribution in [0.15, 0.2) is 24.3 Å². The van der Waals surface area contributed by atoms with E-state index in [-0.39, 0.29) is 19.5 Å². The van der Waals surface area contributed by atoms with Crippen molar-refractivity contribution in [2.45, 2.75) is 25.7 Å². The van der Waals surface area contributed by atoms with E-state index in [0.717, 1.165) is 0 Å². The molecule has 0 N–H and O–H groups in total. The van der Waals surface area contributed by atoms with Gasteiger partial charge < -0.3 is 34.5 Å². The van der Waals surface area contributed by atoms with E-state index in [4.69, 9.17) is 0 Å². The first kappa shape index (κ1) is 23.7. The Balaban J connectivity index is -0.000000208. The van der Waals surface area contributed by atoms with Gasteiger partial charge in [0.2, 0.25) is 0 Å². The maximum atomic E-state index is 9.75. The molecule has 1 aliphatic carbocycles. The third-order valence-corrected chi connectivity index (χ3v) is 1.37. The molecule has 0 atom stereocenters. The number of rotatable bonds is 0. The Morgan fingerprint density at radius 1 is 0.579 bits per heavy atom. The third-order valence-electron chi connectivity index (χ3n) is 1.37. The van der Waals surface area contributed by atoms with E-state index >= 15 is 0 Å². The van der Waals surface area contributed by atoms with Crippen LogP contribution in [0.5, 0.6) is 0 Å². The van der Waals surface area contributed by atoms with Crippen LogP contribution in [0.4, 0.5) is 34.5 Å². The van der Waals surface area contributed by atoms with Gasteiger partial charge in [-0.3, -0.25) is 0 Å². The van der Waals surface area contributed by atoms with Crippen LogP contribution in [0.2, 0.25) is 0 Å². The first-order chi connectivity index (χ1) is 8.00. The van der Waals surface area contributed by atoms with Gasteiger partial charge in [0.05, 0.1) is 0 Å². The second-order valence-corrected chi connectivity index (χ2v) is 3.13. The molecule has 19 heavy (non-hydrogen) atoms. The number of hydrogen-bond acceptors (Lipinski definition) is 0. The third kappa shape index (κ3) is 73.7. The average Bonchev–Trinajstić information content (AvgIpc) is 1.93. The van der Waals surface area contributed by atoms with Gasteiger partial charge in [-0.05, 0) is 25.7 Å². The largest absolute Gasteiger partial charge is 2.00 e. The van der Waals surface area contributed by atoms with Crippen LogP contribution in [-0.4, -0.2) is 14.5 Å². The van der Waals surface area contributed by atoms with Gasteiger partial charge in [0, 0.05) is 0 Å². The summed E-state index contributed by atoms with van der Waals surface area (Å²) in [5, 5.41) is 0. The normalized spacial score (nSPS) is 18.1. The van der Waals surface area contributed by atoms with Crippen LogP contribution < -0.4 is 0 Å². The Bertz CT molecular complexity index is 210. The fourth-order valence-corrected chi connectivity index (χ4v) is 0.874. The zero-order valence-corrected chi connectivity index (χ0v) is 11.3. The SMILES string of the molecule is C1=C\CCCC\C=C/1.F[B-](F)(F)F.F[B-](F)(F)F.[Rh+2]. The Hall–Kier alpha value is -0.327.